The van der Waals surface area contributed by atoms with Gasteiger partial charge in [-0.2, -0.15) is 0 Å². The fourth-order valence-corrected chi connectivity index (χ4v) is 3.38. The Bertz CT molecular complexity index is 662. The second-order valence-corrected chi connectivity index (χ2v) is 5.60. The van der Waals surface area contributed by atoms with E-state index in [0.29, 0.717) is 10.6 Å². The van der Waals surface area contributed by atoms with Crippen molar-refractivity contribution in [3.05, 3.63) is 40.8 Å². The third-order valence-corrected chi connectivity index (χ3v) is 4.29. The van der Waals surface area contributed by atoms with Crippen molar-refractivity contribution in [2.45, 2.75) is 20.3 Å². The van der Waals surface area contributed by atoms with Gasteiger partial charge in [0.25, 0.3) is 0 Å². The van der Waals surface area contributed by atoms with Crippen molar-refractivity contribution in [3.8, 4) is 11.1 Å². The first kappa shape index (κ1) is 15.3. The summed E-state index contributed by atoms with van der Waals surface area (Å²) in [5.74, 6) is -0.641. The van der Waals surface area contributed by atoms with Crippen molar-refractivity contribution < 1.29 is 14.3 Å². The molecule has 1 aromatic heterocycles. The van der Waals surface area contributed by atoms with E-state index in [1.807, 2.05) is 37.3 Å². The maximum atomic E-state index is 12.2. The highest BCUT2D eigenvalue weighted by Crippen LogP contribution is 2.41. The average molecular weight is 303 g/mol. The smallest absolute Gasteiger partial charge is 0.341 e. The summed E-state index contributed by atoms with van der Waals surface area (Å²) in [5.41, 5.74) is 2.22. The van der Waals surface area contributed by atoms with Gasteiger partial charge in [0.05, 0.1) is 7.11 Å². The summed E-state index contributed by atoms with van der Waals surface area (Å²) in [7, 11) is 1.35. The van der Waals surface area contributed by atoms with Gasteiger partial charge < -0.3 is 10.1 Å². The van der Waals surface area contributed by atoms with Crippen LogP contribution in [0.5, 0.6) is 0 Å². The number of ether oxygens (including phenoxy) is 1. The minimum Gasteiger partial charge on any atom is -0.465 e. The summed E-state index contributed by atoms with van der Waals surface area (Å²) in [5, 5.41) is 3.28. The predicted molar refractivity (Wildman–Crippen MR) is 84.8 cm³/mol. The van der Waals surface area contributed by atoms with Crippen LogP contribution in [0.25, 0.3) is 11.1 Å². The van der Waals surface area contributed by atoms with Crippen LogP contribution in [0, 0.1) is 0 Å². The Balaban J connectivity index is 2.68. The van der Waals surface area contributed by atoms with Gasteiger partial charge in [0.2, 0.25) is 5.91 Å². The number of hydrogen-bond donors (Lipinski definition) is 1. The lowest BCUT2D eigenvalue weighted by atomic mass is 10.0. The highest BCUT2D eigenvalue weighted by atomic mass is 32.1. The lowest BCUT2D eigenvalue weighted by molar-refractivity contribution is -0.114. The summed E-state index contributed by atoms with van der Waals surface area (Å²) < 4.78 is 4.89. The number of amides is 1. The molecule has 1 aromatic carbocycles. The zero-order valence-corrected chi connectivity index (χ0v) is 13.0. The van der Waals surface area contributed by atoms with E-state index in [4.69, 9.17) is 4.74 Å². The van der Waals surface area contributed by atoms with Gasteiger partial charge in [-0.3, -0.25) is 4.79 Å². The average Bonchev–Trinajstić information content (AvgIpc) is 2.84. The van der Waals surface area contributed by atoms with E-state index < -0.39 is 5.97 Å². The van der Waals surface area contributed by atoms with Crippen LogP contribution >= 0.6 is 11.3 Å². The molecule has 0 aliphatic heterocycles. The zero-order chi connectivity index (χ0) is 15.4. The first-order valence-corrected chi connectivity index (χ1v) is 7.47. The van der Waals surface area contributed by atoms with Gasteiger partial charge in [-0.1, -0.05) is 37.3 Å². The van der Waals surface area contributed by atoms with Gasteiger partial charge in [-0.05, 0) is 12.0 Å². The highest BCUT2D eigenvalue weighted by Gasteiger charge is 2.25. The predicted octanol–water partition coefficient (Wildman–Crippen LogP) is 3.72. The minimum absolute atomic E-state index is 0.205. The molecule has 2 aromatic rings. The molecule has 5 heteroatoms. The van der Waals surface area contributed by atoms with Crippen LogP contribution in [0.3, 0.4) is 0 Å². The second-order valence-electron chi connectivity index (χ2n) is 4.50. The van der Waals surface area contributed by atoms with Gasteiger partial charge in [0.15, 0.2) is 0 Å². The van der Waals surface area contributed by atoms with Crippen molar-refractivity contribution in [2.24, 2.45) is 0 Å². The molecule has 0 fully saturated rings. The first-order valence-electron chi connectivity index (χ1n) is 6.65. The molecule has 2 rings (SSSR count). The third-order valence-electron chi connectivity index (χ3n) is 3.04. The maximum absolute atomic E-state index is 12.2. The number of nitrogens with one attached hydrogen (secondary N) is 1. The zero-order valence-electron chi connectivity index (χ0n) is 12.2. The first-order chi connectivity index (χ1) is 10.1. The summed E-state index contributed by atoms with van der Waals surface area (Å²) in [4.78, 5) is 24.6. The summed E-state index contributed by atoms with van der Waals surface area (Å²) in [6.07, 6.45) is 0.776. The molecular weight excluding hydrogens is 286 g/mol. The molecule has 0 bridgehead atoms. The highest BCUT2D eigenvalue weighted by molar-refractivity contribution is 7.17. The van der Waals surface area contributed by atoms with Crippen molar-refractivity contribution in [1.82, 2.24) is 0 Å². The van der Waals surface area contributed by atoms with E-state index >= 15 is 0 Å². The van der Waals surface area contributed by atoms with Crippen molar-refractivity contribution in [1.29, 1.82) is 0 Å². The van der Waals surface area contributed by atoms with Crippen LogP contribution < -0.4 is 5.32 Å². The van der Waals surface area contributed by atoms with Crippen molar-refractivity contribution >= 4 is 28.2 Å². The number of carbonyl (C=O) groups is 2. The quantitative estimate of drug-likeness (QED) is 0.876. The molecule has 0 spiro atoms. The number of carbonyl (C=O) groups excluding carboxylic acids is 2. The molecule has 4 nitrogen and oxygen atoms in total. The van der Waals surface area contributed by atoms with E-state index in [0.717, 1.165) is 22.4 Å². The van der Waals surface area contributed by atoms with Crippen LogP contribution in [0.2, 0.25) is 0 Å². The maximum Gasteiger partial charge on any atom is 0.341 e. The van der Waals surface area contributed by atoms with Crippen LogP contribution in [0.15, 0.2) is 30.3 Å². The standard InChI is InChI=1S/C16H17NO3S/c1-4-12-13(11-8-6-5-7-9-11)14(16(19)20-3)15(21-12)17-10(2)18/h5-9H,4H2,1-3H3,(H,17,18). The topological polar surface area (TPSA) is 55.4 Å². The van der Waals surface area contributed by atoms with Gasteiger partial charge in [0.1, 0.15) is 10.6 Å². The monoisotopic (exact) mass is 303 g/mol. The third kappa shape index (κ3) is 3.13. The number of rotatable bonds is 4. The molecule has 0 saturated carbocycles. The van der Waals surface area contributed by atoms with E-state index in [1.165, 1.54) is 25.4 Å². The van der Waals surface area contributed by atoms with Crippen LogP contribution in [-0.2, 0) is 16.0 Å². The van der Waals surface area contributed by atoms with Crippen LogP contribution in [0.4, 0.5) is 5.00 Å². The summed E-state index contributed by atoms with van der Waals surface area (Å²) in [6.45, 7) is 3.45. The number of methoxy groups -OCH3 is 1. The molecule has 0 aliphatic carbocycles. The van der Waals surface area contributed by atoms with Crippen LogP contribution in [0.1, 0.15) is 29.1 Å². The number of thiophene rings is 1. The molecular formula is C16H17NO3S. The Hall–Kier alpha value is -2.14. The molecule has 0 unspecified atom stereocenters. The number of anilines is 1. The molecule has 0 atom stereocenters. The fraction of sp³-hybridized carbons (Fsp3) is 0.250. The van der Waals surface area contributed by atoms with E-state index in [1.54, 1.807) is 0 Å². The van der Waals surface area contributed by atoms with Gasteiger partial charge >= 0.3 is 5.97 Å². The summed E-state index contributed by atoms with van der Waals surface area (Å²) in [6, 6.07) is 9.67. The van der Waals surface area contributed by atoms with E-state index in [9.17, 15) is 9.59 Å². The fourth-order valence-electron chi connectivity index (χ4n) is 2.18. The second kappa shape index (κ2) is 6.54. The molecule has 0 radical (unpaired) electrons. The minimum atomic E-state index is -0.437. The molecule has 110 valence electrons. The molecule has 0 aliphatic rings. The lowest BCUT2D eigenvalue weighted by Crippen LogP contribution is -2.10. The van der Waals surface area contributed by atoms with Crippen molar-refractivity contribution in [3.63, 3.8) is 0 Å². The molecule has 1 amide bonds. The van der Waals surface area contributed by atoms with Crippen molar-refractivity contribution in [2.75, 3.05) is 12.4 Å². The Labute approximate surface area is 127 Å². The largest absolute Gasteiger partial charge is 0.465 e. The number of benzene rings is 1. The Morgan fingerprint density at radius 1 is 1.24 bits per heavy atom. The number of esters is 1. The SMILES string of the molecule is CCc1sc(NC(C)=O)c(C(=O)OC)c1-c1ccccc1. The normalized spacial score (nSPS) is 10.2. The molecule has 21 heavy (non-hydrogen) atoms. The molecule has 0 saturated heterocycles. The van der Waals surface area contributed by atoms with Gasteiger partial charge in [-0.15, -0.1) is 11.3 Å². The Kier molecular flexibility index (Phi) is 4.75. The molecule has 1 N–H and O–H groups in total. The van der Waals surface area contributed by atoms with E-state index in [2.05, 4.69) is 5.32 Å². The van der Waals surface area contributed by atoms with E-state index in [-0.39, 0.29) is 5.91 Å². The lowest BCUT2D eigenvalue weighted by Gasteiger charge is -2.07. The van der Waals surface area contributed by atoms with Gasteiger partial charge in [0, 0.05) is 17.4 Å². The van der Waals surface area contributed by atoms with Crippen LogP contribution in [-0.4, -0.2) is 19.0 Å². The molecule has 1 heterocycles. The summed E-state index contributed by atoms with van der Waals surface area (Å²) >= 11 is 1.42. The Morgan fingerprint density at radius 2 is 1.90 bits per heavy atom. The number of aryl methyl sites for hydroxylation is 1. The number of hydrogen-bond acceptors (Lipinski definition) is 4. The van der Waals surface area contributed by atoms with Gasteiger partial charge in [-0.25, -0.2) is 4.79 Å². The Morgan fingerprint density at radius 3 is 2.43 bits per heavy atom.